The third-order valence-electron chi connectivity index (χ3n) is 2.66. The van der Waals surface area contributed by atoms with Gasteiger partial charge in [0.2, 0.25) is 0 Å². The molecule has 6 heteroatoms. The van der Waals surface area contributed by atoms with Gasteiger partial charge in [-0.25, -0.2) is 0 Å². The van der Waals surface area contributed by atoms with Crippen molar-refractivity contribution in [3.63, 3.8) is 0 Å². The van der Waals surface area contributed by atoms with Crippen LogP contribution < -0.4 is 10.1 Å². The van der Waals surface area contributed by atoms with E-state index in [4.69, 9.17) is 16.3 Å². The molecule has 21 heavy (non-hydrogen) atoms. The maximum atomic E-state index is 11.7. The number of amides is 1. The molecule has 0 bridgehead atoms. The molecule has 0 fully saturated rings. The SMILES string of the molecule is O=C(COc1ccc(Br)cc1Br)NCc1ccc(Cl)cc1. The zero-order valence-corrected chi connectivity index (χ0v) is 14.8. The van der Waals surface area contributed by atoms with Crippen molar-refractivity contribution in [2.24, 2.45) is 0 Å². The average molecular weight is 434 g/mol. The molecule has 0 heterocycles. The third kappa shape index (κ3) is 5.34. The molecule has 0 spiro atoms. The maximum Gasteiger partial charge on any atom is 0.258 e. The van der Waals surface area contributed by atoms with Gasteiger partial charge in [0, 0.05) is 16.0 Å². The smallest absolute Gasteiger partial charge is 0.258 e. The summed E-state index contributed by atoms with van der Waals surface area (Å²) in [6.45, 7) is 0.411. The van der Waals surface area contributed by atoms with Crippen molar-refractivity contribution in [1.82, 2.24) is 5.32 Å². The molecule has 2 aromatic carbocycles. The van der Waals surface area contributed by atoms with Crippen LogP contribution in [0.25, 0.3) is 0 Å². The predicted octanol–water partition coefficient (Wildman–Crippen LogP) is 4.56. The van der Waals surface area contributed by atoms with Gasteiger partial charge in [0.05, 0.1) is 4.47 Å². The summed E-state index contributed by atoms with van der Waals surface area (Å²) in [5.74, 6) is 0.444. The fourth-order valence-corrected chi connectivity index (χ4v) is 2.88. The molecule has 0 saturated heterocycles. The lowest BCUT2D eigenvalue weighted by molar-refractivity contribution is -0.123. The summed E-state index contributed by atoms with van der Waals surface area (Å²) in [7, 11) is 0. The maximum absolute atomic E-state index is 11.7. The van der Waals surface area contributed by atoms with Crippen molar-refractivity contribution < 1.29 is 9.53 Å². The first-order chi connectivity index (χ1) is 10.0. The minimum atomic E-state index is -0.181. The van der Waals surface area contributed by atoms with E-state index in [2.05, 4.69) is 37.2 Å². The van der Waals surface area contributed by atoms with Gasteiger partial charge in [-0.15, -0.1) is 0 Å². The summed E-state index contributed by atoms with van der Waals surface area (Å²) in [6.07, 6.45) is 0. The van der Waals surface area contributed by atoms with Crippen LogP contribution >= 0.6 is 43.5 Å². The Morgan fingerprint density at radius 2 is 1.86 bits per heavy atom. The van der Waals surface area contributed by atoms with Crippen LogP contribution in [0.15, 0.2) is 51.4 Å². The van der Waals surface area contributed by atoms with Crippen LogP contribution in [-0.4, -0.2) is 12.5 Å². The summed E-state index contributed by atoms with van der Waals surface area (Å²) < 4.78 is 7.19. The molecule has 2 aromatic rings. The Hall–Kier alpha value is -1.04. The van der Waals surface area contributed by atoms with E-state index in [1.807, 2.05) is 24.3 Å². The van der Waals surface area contributed by atoms with Crippen LogP contribution in [0.1, 0.15) is 5.56 Å². The van der Waals surface area contributed by atoms with Gasteiger partial charge < -0.3 is 10.1 Å². The number of nitrogens with one attached hydrogen (secondary N) is 1. The lowest BCUT2D eigenvalue weighted by Crippen LogP contribution is -2.28. The summed E-state index contributed by atoms with van der Waals surface area (Å²) in [5, 5.41) is 3.46. The molecule has 0 aliphatic rings. The van der Waals surface area contributed by atoms with Crippen LogP contribution in [0.5, 0.6) is 5.75 Å². The second-order valence-corrected chi connectivity index (χ2v) is 6.47. The van der Waals surface area contributed by atoms with Gasteiger partial charge in [-0.1, -0.05) is 39.7 Å². The third-order valence-corrected chi connectivity index (χ3v) is 4.02. The number of halogens is 3. The number of carbonyl (C=O) groups excluding carboxylic acids is 1. The molecule has 0 unspecified atom stereocenters. The van der Waals surface area contributed by atoms with Crippen molar-refractivity contribution in [3.05, 3.63) is 62.0 Å². The van der Waals surface area contributed by atoms with E-state index >= 15 is 0 Å². The van der Waals surface area contributed by atoms with Crippen molar-refractivity contribution in [2.75, 3.05) is 6.61 Å². The quantitative estimate of drug-likeness (QED) is 0.751. The second kappa shape index (κ2) is 7.82. The van der Waals surface area contributed by atoms with E-state index in [-0.39, 0.29) is 12.5 Å². The average Bonchev–Trinajstić information content (AvgIpc) is 2.46. The van der Waals surface area contributed by atoms with Gasteiger partial charge in [0.25, 0.3) is 5.91 Å². The van der Waals surface area contributed by atoms with Crippen molar-refractivity contribution >= 4 is 49.4 Å². The zero-order valence-electron chi connectivity index (χ0n) is 10.9. The van der Waals surface area contributed by atoms with E-state index in [1.54, 1.807) is 18.2 Å². The Labute approximate surface area is 144 Å². The standard InChI is InChI=1S/C15H12Br2ClNO2/c16-11-3-6-14(13(17)7-11)21-9-15(20)19-8-10-1-4-12(18)5-2-10/h1-7H,8-9H2,(H,19,20). The van der Waals surface area contributed by atoms with Crippen LogP contribution in [-0.2, 0) is 11.3 Å². The Morgan fingerprint density at radius 1 is 1.14 bits per heavy atom. The van der Waals surface area contributed by atoms with Crippen molar-refractivity contribution in [1.29, 1.82) is 0 Å². The first-order valence-electron chi connectivity index (χ1n) is 6.13. The van der Waals surface area contributed by atoms with Crippen LogP contribution in [0.2, 0.25) is 5.02 Å². The molecule has 1 N–H and O–H groups in total. The molecule has 0 aromatic heterocycles. The highest BCUT2D eigenvalue weighted by Gasteiger charge is 2.06. The first-order valence-corrected chi connectivity index (χ1v) is 8.10. The Morgan fingerprint density at radius 3 is 2.52 bits per heavy atom. The van der Waals surface area contributed by atoms with Crippen LogP contribution in [0.3, 0.4) is 0 Å². The van der Waals surface area contributed by atoms with Gasteiger partial charge in [-0.05, 0) is 51.8 Å². The van der Waals surface area contributed by atoms with E-state index in [0.29, 0.717) is 17.3 Å². The highest BCUT2D eigenvalue weighted by atomic mass is 79.9. The van der Waals surface area contributed by atoms with E-state index in [9.17, 15) is 4.79 Å². The van der Waals surface area contributed by atoms with E-state index in [0.717, 1.165) is 14.5 Å². The van der Waals surface area contributed by atoms with Crippen LogP contribution in [0, 0.1) is 0 Å². The second-order valence-electron chi connectivity index (χ2n) is 4.27. The zero-order chi connectivity index (χ0) is 15.2. The van der Waals surface area contributed by atoms with Crippen LogP contribution in [0.4, 0.5) is 0 Å². The lowest BCUT2D eigenvalue weighted by atomic mass is 10.2. The molecular formula is C15H12Br2ClNO2. The number of ether oxygens (including phenoxy) is 1. The van der Waals surface area contributed by atoms with Gasteiger partial charge in [0.15, 0.2) is 6.61 Å². The van der Waals surface area contributed by atoms with Gasteiger partial charge in [-0.2, -0.15) is 0 Å². The highest BCUT2D eigenvalue weighted by molar-refractivity contribution is 9.11. The Bertz CT molecular complexity index is 632. The molecule has 3 nitrogen and oxygen atoms in total. The topological polar surface area (TPSA) is 38.3 Å². The molecule has 2 rings (SSSR count). The largest absolute Gasteiger partial charge is 0.483 e. The number of benzene rings is 2. The first kappa shape index (κ1) is 16.3. The minimum Gasteiger partial charge on any atom is -0.483 e. The number of carbonyl (C=O) groups is 1. The molecule has 0 aliphatic carbocycles. The monoisotopic (exact) mass is 431 g/mol. The molecule has 0 atom stereocenters. The molecule has 0 aliphatic heterocycles. The number of rotatable bonds is 5. The summed E-state index contributed by atoms with van der Waals surface area (Å²) in [4.78, 5) is 11.7. The van der Waals surface area contributed by atoms with E-state index < -0.39 is 0 Å². The highest BCUT2D eigenvalue weighted by Crippen LogP contribution is 2.28. The summed E-state index contributed by atoms with van der Waals surface area (Å²) >= 11 is 12.5. The Kier molecular flexibility index (Phi) is 6.08. The van der Waals surface area contributed by atoms with Gasteiger partial charge in [-0.3, -0.25) is 4.79 Å². The molecule has 0 saturated carbocycles. The normalized spacial score (nSPS) is 10.2. The predicted molar refractivity (Wildman–Crippen MR) is 90.6 cm³/mol. The number of hydrogen-bond acceptors (Lipinski definition) is 2. The fraction of sp³-hybridized carbons (Fsp3) is 0.133. The Balaban J connectivity index is 1.80. The summed E-state index contributed by atoms with van der Waals surface area (Å²) in [6, 6.07) is 12.8. The number of hydrogen-bond donors (Lipinski definition) is 1. The molecule has 0 radical (unpaired) electrons. The molecular weight excluding hydrogens is 421 g/mol. The van der Waals surface area contributed by atoms with Crippen molar-refractivity contribution in [2.45, 2.75) is 6.54 Å². The minimum absolute atomic E-state index is 0.0339. The molecule has 110 valence electrons. The lowest BCUT2D eigenvalue weighted by Gasteiger charge is -2.09. The summed E-state index contributed by atoms with van der Waals surface area (Å²) in [5.41, 5.74) is 0.984. The van der Waals surface area contributed by atoms with Crippen molar-refractivity contribution in [3.8, 4) is 5.75 Å². The van der Waals surface area contributed by atoms with E-state index in [1.165, 1.54) is 0 Å². The fourth-order valence-electron chi connectivity index (χ4n) is 1.59. The van der Waals surface area contributed by atoms with Gasteiger partial charge >= 0.3 is 0 Å². The van der Waals surface area contributed by atoms with Gasteiger partial charge in [0.1, 0.15) is 5.75 Å². The molecule has 1 amide bonds.